The summed E-state index contributed by atoms with van der Waals surface area (Å²) in [4.78, 5) is 13.8. The maximum absolute atomic E-state index is 12.2. The highest BCUT2D eigenvalue weighted by atomic mass is 16.5. The number of nitrogens with zero attached hydrogens (tertiary/aromatic N) is 1. The monoisotopic (exact) mass is 332 g/mol. The zero-order valence-corrected chi connectivity index (χ0v) is 14.9. The third-order valence-electron chi connectivity index (χ3n) is 5.15. The molecule has 2 fully saturated rings. The quantitative estimate of drug-likeness (QED) is 0.925. The fraction of sp³-hybridized carbons (Fsp3) is 0.632. The van der Waals surface area contributed by atoms with Crippen LogP contribution >= 0.6 is 0 Å². The van der Waals surface area contributed by atoms with E-state index in [2.05, 4.69) is 12.2 Å². The van der Waals surface area contributed by atoms with E-state index in [1.165, 1.54) is 0 Å². The number of carbonyl (C=O) groups is 1. The fourth-order valence-corrected chi connectivity index (χ4v) is 3.63. The molecule has 5 nitrogen and oxygen atoms in total. The topological polar surface area (TPSA) is 50.8 Å². The minimum Gasteiger partial charge on any atom is -0.382 e. The Morgan fingerprint density at radius 2 is 2.00 bits per heavy atom. The second-order valence-electron chi connectivity index (χ2n) is 7.21. The van der Waals surface area contributed by atoms with E-state index in [4.69, 9.17) is 9.47 Å². The van der Waals surface area contributed by atoms with Crippen LogP contribution in [-0.2, 0) is 9.47 Å². The SMILES string of the molecule is Cc1ccc(C(=O)N(C)C)cc1NC1CCOC2(CCOCC2)C1. The zero-order valence-electron chi connectivity index (χ0n) is 14.9. The molecule has 1 amide bonds. The van der Waals surface area contributed by atoms with Crippen molar-refractivity contribution < 1.29 is 14.3 Å². The van der Waals surface area contributed by atoms with Crippen molar-refractivity contribution >= 4 is 11.6 Å². The van der Waals surface area contributed by atoms with Crippen molar-refractivity contribution in [2.24, 2.45) is 0 Å². The third kappa shape index (κ3) is 3.73. The first-order valence-electron chi connectivity index (χ1n) is 8.80. The van der Waals surface area contributed by atoms with Gasteiger partial charge in [0.1, 0.15) is 0 Å². The van der Waals surface area contributed by atoms with Crippen molar-refractivity contribution in [3.8, 4) is 0 Å². The van der Waals surface area contributed by atoms with E-state index in [9.17, 15) is 4.79 Å². The average molecular weight is 332 g/mol. The largest absolute Gasteiger partial charge is 0.382 e. The molecule has 2 aliphatic heterocycles. The van der Waals surface area contributed by atoms with E-state index in [1.54, 1.807) is 19.0 Å². The number of anilines is 1. The Labute approximate surface area is 144 Å². The molecule has 132 valence electrons. The Morgan fingerprint density at radius 3 is 2.71 bits per heavy atom. The number of nitrogens with one attached hydrogen (secondary N) is 1. The Bertz CT molecular complexity index is 589. The summed E-state index contributed by atoms with van der Waals surface area (Å²) >= 11 is 0. The first-order chi connectivity index (χ1) is 11.5. The van der Waals surface area contributed by atoms with Gasteiger partial charge in [0.2, 0.25) is 0 Å². The summed E-state index contributed by atoms with van der Waals surface area (Å²) in [5, 5.41) is 3.66. The average Bonchev–Trinajstić information content (AvgIpc) is 2.57. The standard InChI is InChI=1S/C19H28N2O3/c1-14-4-5-15(18(22)21(2)3)12-17(14)20-16-6-9-24-19(13-16)7-10-23-11-8-19/h4-5,12,16,20H,6-11,13H2,1-3H3. The van der Waals surface area contributed by atoms with E-state index in [-0.39, 0.29) is 11.5 Å². The molecule has 2 heterocycles. The van der Waals surface area contributed by atoms with Crippen LogP contribution < -0.4 is 5.32 Å². The number of hydrogen-bond donors (Lipinski definition) is 1. The number of carbonyl (C=O) groups excluding carboxylic acids is 1. The summed E-state index contributed by atoms with van der Waals surface area (Å²) < 4.78 is 11.6. The van der Waals surface area contributed by atoms with Gasteiger partial charge in [-0.3, -0.25) is 4.79 Å². The minimum absolute atomic E-state index is 0.0286. The summed E-state index contributed by atoms with van der Waals surface area (Å²) in [6.07, 6.45) is 3.95. The molecule has 3 rings (SSSR count). The number of benzene rings is 1. The van der Waals surface area contributed by atoms with E-state index in [0.717, 1.165) is 62.3 Å². The highest BCUT2D eigenvalue weighted by Crippen LogP contribution is 2.35. The lowest BCUT2D eigenvalue weighted by molar-refractivity contribution is -0.135. The van der Waals surface area contributed by atoms with Crippen LogP contribution in [0.5, 0.6) is 0 Å². The fourth-order valence-electron chi connectivity index (χ4n) is 3.63. The molecule has 0 aromatic heterocycles. The summed E-state index contributed by atoms with van der Waals surface area (Å²) in [7, 11) is 3.56. The number of amides is 1. The molecule has 0 radical (unpaired) electrons. The maximum Gasteiger partial charge on any atom is 0.253 e. The first-order valence-corrected chi connectivity index (χ1v) is 8.80. The van der Waals surface area contributed by atoms with Gasteiger partial charge in [-0.25, -0.2) is 0 Å². The second kappa shape index (κ2) is 7.11. The van der Waals surface area contributed by atoms with Crippen LogP contribution in [0.4, 0.5) is 5.69 Å². The zero-order chi connectivity index (χ0) is 17.2. The smallest absolute Gasteiger partial charge is 0.253 e. The van der Waals surface area contributed by atoms with Gasteiger partial charge < -0.3 is 19.7 Å². The first kappa shape index (κ1) is 17.2. The normalized spacial score (nSPS) is 23.0. The van der Waals surface area contributed by atoms with Crippen LogP contribution in [0.25, 0.3) is 0 Å². The number of ether oxygens (including phenoxy) is 2. The van der Waals surface area contributed by atoms with E-state index >= 15 is 0 Å². The molecule has 0 bridgehead atoms. The minimum atomic E-state index is -0.0286. The van der Waals surface area contributed by atoms with Gasteiger partial charge in [0.15, 0.2) is 0 Å². The van der Waals surface area contributed by atoms with Gasteiger partial charge in [0.05, 0.1) is 5.60 Å². The molecule has 1 unspecified atom stereocenters. The van der Waals surface area contributed by atoms with Crippen molar-refractivity contribution in [2.75, 3.05) is 39.2 Å². The second-order valence-corrected chi connectivity index (χ2v) is 7.21. The molecular weight excluding hydrogens is 304 g/mol. The van der Waals surface area contributed by atoms with Crippen molar-refractivity contribution in [1.82, 2.24) is 4.90 Å². The maximum atomic E-state index is 12.2. The van der Waals surface area contributed by atoms with Crippen molar-refractivity contribution in [1.29, 1.82) is 0 Å². The van der Waals surface area contributed by atoms with E-state index in [1.807, 2.05) is 18.2 Å². The number of aryl methyl sites for hydroxylation is 1. The lowest BCUT2D eigenvalue weighted by Gasteiger charge is -2.43. The predicted molar refractivity (Wildman–Crippen MR) is 94.6 cm³/mol. The van der Waals surface area contributed by atoms with Gasteiger partial charge >= 0.3 is 0 Å². The summed E-state index contributed by atoms with van der Waals surface area (Å²) in [5.41, 5.74) is 2.91. The van der Waals surface area contributed by atoms with Gasteiger partial charge in [-0.15, -0.1) is 0 Å². The molecule has 2 saturated heterocycles. The lowest BCUT2D eigenvalue weighted by Crippen LogP contribution is -2.47. The van der Waals surface area contributed by atoms with Crippen LogP contribution in [0.2, 0.25) is 0 Å². The van der Waals surface area contributed by atoms with Gasteiger partial charge in [0.25, 0.3) is 5.91 Å². The van der Waals surface area contributed by atoms with Gasteiger partial charge in [0, 0.05) is 51.2 Å². The summed E-state index contributed by atoms with van der Waals surface area (Å²) in [6, 6.07) is 6.26. The molecule has 1 N–H and O–H groups in total. The molecule has 1 aromatic rings. The molecule has 1 atom stereocenters. The van der Waals surface area contributed by atoms with Gasteiger partial charge in [-0.2, -0.15) is 0 Å². The Kier molecular flexibility index (Phi) is 5.11. The molecule has 1 aromatic carbocycles. The van der Waals surface area contributed by atoms with Gasteiger partial charge in [-0.05, 0) is 50.3 Å². The molecular formula is C19H28N2O3. The Morgan fingerprint density at radius 1 is 1.25 bits per heavy atom. The number of hydrogen-bond acceptors (Lipinski definition) is 4. The van der Waals surface area contributed by atoms with Crippen molar-refractivity contribution in [3.05, 3.63) is 29.3 Å². The molecule has 0 aliphatic carbocycles. The third-order valence-corrected chi connectivity index (χ3v) is 5.15. The molecule has 2 aliphatic rings. The molecule has 24 heavy (non-hydrogen) atoms. The van der Waals surface area contributed by atoms with Gasteiger partial charge in [-0.1, -0.05) is 6.07 Å². The number of rotatable bonds is 3. The molecule has 5 heteroatoms. The summed E-state index contributed by atoms with van der Waals surface area (Å²) in [5.74, 6) is 0.0333. The Balaban J connectivity index is 1.73. The van der Waals surface area contributed by atoms with Crippen LogP contribution in [-0.4, -0.2) is 56.4 Å². The molecule has 1 spiro atoms. The van der Waals surface area contributed by atoms with Crippen LogP contribution in [0.15, 0.2) is 18.2 Å². The van der Waals surface area contributed by atoms with E-state index < -0.39 is 0 Å². The lowest BCUT2D eigenvalue weighted by atomic mass is 9.84. The highest BCUT2D eigenvalue weighted by Gasteiger charge is 2.39. The highest BCUT2D eigenvalue weighted by molar-refractivity contribution is 5.95. The predicted octanol–water partition coefficient (Wildman–Crippen LogP) is 2.84. The molecule has 0 saturated carbocycles. The van der Waals surface area contributed by atoms with Crippen molar-refractivity contribution in [3.63, 3.8) is 0 Å². The van der Waals surface area contributed by atoms with Crippen LogP contribution in [0, 0.1) is 6.92 Å². The summed E-state index contributed by atoms with van der Waals surface area (Å²) in [6.45, 7) is 4.44. The van der Waals surface area contributed by atoms with Crippen molar-refractivity contribution in [2.45, 2.75) is 44.2 Å². The van der Waals surface area contributed by atoms with E-state index in [0.29, 0.717) is 6.04 Å². The Hall–Kier alpha value is -1.59. The van der Waals surface area contributed by atoms with Crippen LogP contribution in [0.1, 0.15) is 41.6 Å². The van der Waals surface area contributed by atoms with Crippen LogP contribution in [0.3, 0.4) is 0 Å².